The molecule has 1 aliphatic carbocycles. The Hall–Kier alpha value is -2.70. The highest BCUT2D eigenvalue weighted by Crippen LogP contribution is 3.02. The molecule has 2 amide bonds. The molecule has 4 N–H and O–H groups in total. The molecule has 1 atom stereocenters. The molecule has 9 nitrogen and oxygen atoms in total. The number of rotatable bonds is 9. The van der Waals surface area contributed by atoms with E-state index in [9.17, 15) is 42.2 Å². The number of hydrogen-bond donors (Lipinski definition) is 4. The summed E-state index contributed by atoms with van der Waals surface area (Å²) in [5.41, 5.74) is -0.0297. The molecule has 1 saturated heterocycles. The Bertz CT molecular complexity index is 982. The highest BCUT2D eigenvalue weighted by Gasteiger charge is 2.65. The number of halogens is 8. The molecule has 1 aromatic rings. The van der Waals surface area contributed by atoms with E-state index in [-0.39, 0.29) is 37.3 Å². The molecular formula is C18H21F8N3O6S. The zero-order chi connectivity index (χ0) is 27.6. The molecule has 1 saturated carbocycles. The van der Waals surface area contributed by atoms with E-state index in [2.05, 4.69) is 5.32 Å². The average molecular weight is 559 g/mol. The summed E-state index contributed by atoms with van der Waals surface area (Å²) in [7, 11) is -9.88. The molecule has 0 spiro atoms. The van der Waals surface area contributed by atoms with Gasteiger partial charge in [-0.2, -0.15) is 13.2 Å². The van der Waals surface area contributed by atoms with Gasteiger partial charge in [0.05, 0.1) is 6.61 Å². The van der Waals surface area contributed by atoms with E-state index in [0.717, 1.165) is 17.7 Å². The Morgan fingerprint density at radius 1 is 1.17 bits per heavy atom. The van der Waals surface area contributed by atoms with Gasteiger partial charge in [0.15, 0.2) is 0 Å². The van der Waals surface area contributed by atoms with Gasteiger partial charge in [-0.3, -0.25) is 19.7 Å². The summed E-state index contributed by atoms with van der Waals surface area (Å²) in [5.74, 6) is -3.47. The monoisotopic (exact) mass is 559 g/mol. The van der Waals surface area contributed by atoms with Gasteiger partial charge in [0, 0.05) is 18.8 Å². The molecule has 36 heavy (non-hydrogen) atoms. The minimum absolute atomic E-state index is 0.145. The van der Waals surface area contributed by atoms with Gasteiger partial charge < -0.3 is 15.2 Å². The largest absolute Gasteiger partial charge is 0.490 e. The second kappa shape index (κ2) is 9.31. The van der Waals surface area contributed by atoms with Crippen molar-refractivity contribution in [2.75, 3.05) is 24.6 Å². The molecule has 1 aromatic carbocycles. The summed E-state index contributed by atoms with van der Waals surface area (Å²) in [4.78, 5) is 31.6. The summed E-state index contributed by atoms with van der Waals surface area (Å²) < 4.78 is 102. The van der Waals surface area contributed by atoms with Gasteiger partial charge in [-0.1, -0.05) is 19.4 Å². The van der Waals surface area contributed by atoms with Gasteiger partial charge in [-0.05, 0) is 43.0 Å². The van der Waals surface area contributed by atoms with Gasteiger partial charge in [-0.15, -0.1) is 0 Å². The van der Waals surface area contributed by atoms with Gasteiger partial charge in [0.1, 0.15) is 16.5 Å². The Morgan fingerprint density at radius 2 is 1.67 bits per heavy atom. The number of aliphatic carboxylic acids is 1. The lowest BCUT2D eigenvalue weighted by Crippen LogP contribution is -2.74. The molecule has 1 heterocycles. The third-order valence-corrected chi connectivity index (χ3v) is 6.39. The number of benzene rings is 1. The van der Waals surface area contributed by atoms with E-state index in [1.54, 1.807) is 0 Å². The van der Waals surface area contributed by atoms with Crippen LogP contribution in [0.2, 0.25) is 0 Å². The Morgan fingerprint density at radius 3 is 1.97 bits per heavy atom. The van der Waals surface area contributed by atoms with E-state index in [1.165, 1.54) is 5.48 Å². The summed E-state index contributed by atoms with van der Waals surface area (Å²) in [6.45, 7) is 0.601. The summed E-state index contributed by atoms with van der Waals surface area (Å²) in [5, 5.41) is 19.2. The van der Waals surface area contributed by atoms with E-state index in [0.29, 0.717) is 24.7 Å². The fraction of sp³-hybridized carbons (Fsp3) is 0.500. The summed E-state index contributed by atoms with van der Waals surface area (Å²) >= 11 is 0. The number of carbonyl (C=O) groups is 3. The van der Waals surface area contributed by atoms with Crippen LogP contribution in [-0.4, -0.2) is 66.1 Å². The van der Waals surface area contributed by atoms with Crippen molar-refractivity contribution in [1.29, 1.82) is 0 Å². The van der Waals surface area contributed by atoms with Crippen LogP contribution in [-0.2, 0) is 19.1 Å². The minimum Gasteiger partial charge on any atom is -0.475 e. The zero-order valence-electron chi connectivity index (χ0n) is 18.0. The molecule has 1 aliphatic heterocycles. The molecule has 206 valence electrons. The van der Waals surface area contributed by atoms with Crippen LogP contribution in [0.5, 0.6) is 0 Å². The standard InChI is InChI=1S/C16H20F5N3O4S.C2HF3O2/c17-29(18,19,20,21)13-5-3-12(4-6-13)24(10-25)14(15(26)23-27)16(8-22-9-16)28-7-11-1-2-11;3-2(4,5)1(6)7/h3-6,10-11,14,22,27H,1-2,7-9H2,(H,23,26);(H,6,7). The molecule has 1 unspecified atom stereocenters. The van der Waals surface area contributed by atoms with E-state index < -0.39 is 44.8 Å². The Labute approximate surface area is 198 Å². The SMILES string of the molecule is O=C(O)C(F)(F)F.O=CN(c1ccc(S(F)(F)(F)(F)F)cc1)C(C(=O)NO)C1(OCC2CC2)CNC1. The topological polar surface area (TPSA) is 128 Å². The first-order valence-electron chi connectivity index (χ1n) is 9.90. The minimum atomic E-state index is -9.88. The summed E-state index contributed by atoms with van der Waals surface area (Å²) in [6.07, 6.45) is -3.00. The number of hydrogen-bond acceptors (Lipinski definition) is 6. The maximum atomic E-state index is 12.9. The van der Waals surface area contributed by atoms with Crippen LogP contribution >= 0.6 is 10.2 Å². The van der Waals surface area contributed by atoms with Crippen molar-refractivity contribution < 1.29 is 62.0 Å². The van der Waals surface area contributed by atoms with Gasteiger partial charge in [0.25, 0.3) is 5.91 Å². The van der Waals surface area contributed by atoms with Crippen molar-refractivity contribution >= 4 is 34.2 Å². The van der Waals surface area contributed by atoms with Crippen LogP contribution in [0.3, 0.4) is 0 Å². The van der Waals surface area contributed by atoms with Gasteiger partial charge in [-0.25, -0.2) is 10.3 Å². The molecule has 0 bridgehead atoms. The van der Waals surface area contributed by atoms with Crippen LogP contribution in [0.4, 0.5) is 38.3 Å². The maximum absolute atomic E-state index is 12.9. The number of carboxylic acids is 1. The predicted octanol–water partition coefficient (Wildman–Crippen LogP) is 3.58. The van der Waals surface area contributed by atoms with Crippen molar-refractivity contribution in [2.45, 2.75) is 35.6 Å². The number of hydroxylamine groups is 1. The van der Waals surface area contributed by atoms with Crippen molar-refractivity contribution in [2.24, 2.45) is 5.92 Å². The number of nitrogens with one attached hydrogen (secondary N) is 2. The van der Waals surface area contributed by atoms with Crippen molar-refractivity contribution in [3.8, 4) is 0 Å². The van der Waals surface area contributed by atoms with Crippen LogP contribution in [0, 0.1) is 5.92 Å². The van der Waals surface area contributed by atoms with Crippen LogP contribution < -0.4 is 15.7 Å². The van der Waals surface area contributed by atoms with Crippen LogP contribution in [0.25, 0.3) is 0 Å². The third-order valence-electron chi connectivity index (χ3n) is 5.22. The smallest absolute Gasteiger partial charge is 0.475 e. The number of nitrogens with zero attached hydrogens (tertiary/aromatic N) is 1. The van der Waals surface area contributed by atoms with E-state index >= 15 is 0 Å². The normalized spacial score (nSPS) is 19.8. The number of alkyl halides is 3. The molecule has 0 radical (unpaired) electrons. The van der Waals surface area contributed by atoms with Crippen LogP contribution in [0.1, 0.15) is 12.8 Å². The molecule has 18 heteroatoms. The number of amides is 2. The summed E-state index contributed by atoms with van der Waals surface area (Å²) in [6, 6.07) is 0.201. The maximum Gasteiger partial charge on any atom is 0.490 e. The first kappa shape index (κ1) is 29.5. The fourth-order valence-electron chi connectivity index (χ4n) is 3.14. The molecule has 3 rings (SSSR count). The molecular weight excluding hydrogens is 538 g/mol. The zero-order valence-corrected chi connectivity index (χ0v) is 18.8. The predicted molar refractivity (Wildman–Crippen MR) is 108 cm³/mol. The number of carbonyl (C=O) groups excluding carboxylic acids is 2. The Kier molecular flexibility index (Phi) is 7.64. The molecule has 0 aromatic heterocycles. The highest BCUT2D eigenvalue weighted by molar-refractivity contribution is 8.45. The number of ether oxygens (including phenoxy) is 1. The lowest BCUT2D eigenvalue weighted by atomic mass is 9.85. The first-order valence-corrected chi connectivity index (χ1v) is 11.9. The number of anilines is 1. The van der Waals surface area contributed by atoms with E-state index in [1.807, 2.05) is 0 Å². The fourth-order valence-corrected chi connectivity index (χ4v) is 3.79. The first-order chi connectivity index (χ1) is 16.2. The highest BCUT2D eigenvalue weighted by atomic mass is 32.5. The lowest BCUT2D eigenvalue weighted by Gasteiger charge is -2.49. The molecule has 2 fully saturated rings. The lowest BCUT2D eigenvalue weighted by molar-refractivity contribution is -0.192. The quantitative estimate of drug-likeness (QED) is 0.158. The van der Waals surface area contributed by atoms with Crippen molar-refractivity contribution in [1.82, 2.24) is 10.8 Å². The average Bonchev–Trinajstić information content (AvgIpc) is 3.54. The second-order valence-electron chi connectivity index (χ2n) is 8.08. The van der Waals surface area contributed by atoms with E-state index in [4.69, 9.17) is 19.8 Å². The van der Waals surface area contributed by atoms with Gasteiger partial charge >= 0.3 is 22.4 Å². The molecule has 2 aliphatic rings. The van der Waals surface area contributed by atoms with Gasteiger partial charge in [0.2, 0.25) is 6.41 Å². The van der Waals surface area contributed by atoms with Crippen molar-refractivity contribution in [3.05, 3.63) is 24.3 Å². The number of carboxylic acid groups (broad SMARTS) is 1. The van der Waals surface area contributed by atoms with Crippen molar-refractivity contribution in [3.63, 3.8) is 0 Å². The third kappa shape index (κ3) is 7.40. The Balaban J connectivity index is 0.000000572. The second-order valence-corrected chi connectivity index (χ2v) is 10.5. The van der Waals surface area contributed by atoms with Crippen LogP contribution in [0.15, 0.2) is 29.2 Å².